The number of halogens is 2. The molecule has 0 spiro atoms. The van der Waals surface area contributed by atoms with E-state index in [0.717, 1.165) is 44.0 Å². The van der Waals surface area contributed by atoms with Crippen LogP contribution in [0.5, 0.6) is 0 Å². The van der Waals surface area contributed by atoms with Crippen LogP contribution in [0.15, 0.2) is 41.3 Å². The zero-order chi connectivity index (χ0) is 21.7. The maximum absolute atomic E-state index is 14.0. The second kappa shape index (κ2) is 9.62. The molecule has 3 heterocycles. The molecule has 1 aromatic carbocycles. The highest BCUT2D eigenvalue weighted by atomic mass is 19.1. The number of nitrogens with zero attached hydrogens (tertiary/aromatic N) is 5. The molecule has 0 aliphatic carbocycles. The van der Waals surface area contributed by atoms with Crippen LogP contribution in [0.25, 0.3) is 16.9 Å². The summed E-state index contributed by atoms with van der Waals surface area (Å²) < 4.78 is 24.7. The highest BCUT2D eigenvalue weighted by molar-refractivity contribution is 5.61. The van der Waals surface area contributed by atoms with Gasteiger partial charge in [-0.1, -0.05) is 19.1 Å². The molecule has 1 aliphatic heterocycles. The molecule has 1 aliphatic rings. The third-order valence-electron chi connectivity index (χ3n) is 5.17. The van der Waals surface area contributed by atoms with Crippen LogP contribution in [-0.4, -0.2) is 64.5 Å². The number of anilines is 1. The first-order chi connectivity index (χ1) is 14.6. The molecule has 0 bridgehead atoms. The highest BCUT2D eigenvalue weighted by Gasteiger charge is 2.19. The molecule has 0 saturated carbocycles. The minimum absolute atomic E-state index is 0.183. The fraction of sp³-hybridized carbons (Fsp3) is 0.381. The maximum Gasteiger partial charge on any atom is 0.271 e. The number of aromatic nitrogens is 4. The Hall–Kier alpha value is -3.07. The molecule has 0 amide bonds. The van der Waals surface area contributed by atoms with Crippen molar-refractivity contribution >= 4 is 5.95 Å². The Morgan fingerprint density at radius 2 is 1.83 bits per heavy atom. The summed E-state index contributed by atoms with van der Waals surface area (Å²) in [5, 5.41) is 2.97. The van der Waals surface area contributed by atoms with Crippen molar-refractivity contribution in [3.63, 3.8) is 0 Å². The lowest BCUT2D eigenvalue weighted by Gasteiger charge is -2.34. The molecule has 160 valence electrons. The molecule has 3 aromatic rings. The van der Waals surface area contributed by atoms with Crippen LogP contribution in [0.1, 0.15) is 12.6 Å². The Balaban J connectivity index is 0.00000124. The van der Waals surface area contributed by atoms with Crippen molar-refractivity contribution in [2.75, 3.05) is 44.8 Å². The van der Waals surface area contributed by atoms with E-state index in [1.54, 1.807) is 24.4 Å². The number of rotatable bonds is 4. The minimum atomic E-state index is -0.465. The molecule has 0 unspecified atom stereocenters. The molecule has 7 nitrogen and oxygen atoms in total. The summed E-state index contributed by atoms with van der Waals surface area (Å²) >= 11 is 0. The molecule has 2 aromatic heterocycles. The summed E-state index contributed by atoms with van der Waals surface area (Å²) in [6.45, 7) is 8.90. The monoisotopic (exact) mass is 416 g/mol. The molecule has 1 saturated heterocycles. The van der Waals surface area contributed by atoms with Gasteiger partial charge in [-0.25, -0.2) is 19.0 Å². The number of para-hydroxylation sites is 1. The zero-order valence-electron chi connectivity index (χ0n) is 17.4. The molecule has 0 radical (unpaired) electrons. The van der Waals surface area contributed by atoms with Gasteiger partial charge >= 0.3 is 0 Å². The van der Waals surface area contributed by atoms with E-state index in [2.05, 4.69) is 31.8 Å². The lowest BCUT2D eigenvalue weighted by molar-refractivity contribution is 0.270. The summed E-state index contributed by atoms with van der Waals surface area (Å²) in [5.74, 6) is 0.237. The van der Waals surface area contributed by atoms with Crippen LogP contribution in [0.2, 0.25) is 0 Å². The van der Waals surface area contributed by atoms with Crippen molar-refractivity contribution in [2.24, 2.45) is 0 Å². The molecular weight excluding hydrogens is 390 g/mol. The molecule has 9 heteroatoms. The SMILES string of the molecule is CCN1CCN(c2ncc(-c3cc(=O)n(-c4ccccc4F)[nH]3)c(C)n2)CC1.CF. The third-order valence-corrected chi connectivity index (χ3v) is 5.17. The first-order valence-corrected chi connectivity index (χ1v) is 9.83. The predicted octanol–water partition coefficient (Wildman–Crippen LogP) is 2.80. The number of alkyl halides is 1. The molecule has 1 fully saturated rings. The Bertz CT molecular complexity index is 1040. The summed E-state index contributed by atoms with van der Waals surface area (Å²) in [6, 6.07) is 7.60. The number of aromatic amines is 1. The maximum atomic E-state index is 14.0. The lowest BCUT2D eigenvalue weighted by atomic mass is 10.2. The standard InChI is InChI=1S/C20H23FN6O.CH3F/c1-3-25-8-10-26(11-9-25)20-22-13-15(14(2)23-20)17-12-19(28)27(24-17)18-7-5-4-6-16(18)21;1-2/h4-7,12-13,24H,3,8-11H2,1-2H3;1H3. The highest BCUT2D eigenvalue weighted by Crippen LogP contribution is 2.22. The van der Waals surface area contributed by atoms with E-state index in [4.69, 9.17) is 0 Å². The largest absolute Gasteiger partial charge is 0.338 e. The average molecular weight is 416 g/mol. The fourth-order valence-electron chi connectivity index (χ4n) is 3.48. The van der Waals surface area contributed by atoms with E-state index in [-0.39, 0.29) is 11.2 Å². The van der Waals surface area contributed by atoms with E-state index < -0.39 is 5.82 Å². The molecule has 0 atom stereocenters. The Morgan fingerprint density at radius 1 is 1.13 bits per heavy atom. The lowest BCUT2D eigenvalue weighted by Crippen LogP contribution is -2.46. The van der Waals surface area contributed by atoms with Gasteiger partial charge < -0.3 is 9.80 Å². The smallest absolute Gasteiger partial charge is 0.271 e. The second-order valence-corrected chi connectivity index (χ2v) is 6.89. The van der Waals surface area contributed by atoms with E-state index in [1.165, 1.54) is 16.8 Å². The first kappa shape index (κ1) is 21.6. The summed E-state index contributed by atoms with van der Waals surface area (Å²) in [5.41, 5.74) is 1.91. The summed E-state index contributed by atoms with van der Waals surface area (Å²) in [7, 11) is 0.500. The molecule has 4 rings (SSSR count). The van der Waals surface area contributed by atoms with Crippen LogP contribution in [-0.2, 0) is 0 Å². The quantitative estimate of drug-likeness (QED) is 0.708. The van der Waals surface area contributed by atoms with Crippen LogP contribution < -0.4 is 10.5 Å². The normalized spacial score (nSPS) is 14.4. The van der Waals surface area contributed by atoms with E-state index in [9.17, 15) is 13.6 Å². The second-order valence-electron chi connectivity index (χ2n) is 6.89. The van der Waals surface area contributed by atoms with Crippen molar-refractivity contribution in [1.29, 1.82) is 0 Å². The Morgan fingerprint density at radius 3 is 2.47 bits per heavy atom. The number of piperazine rings is 1. The number of hydrogen-bond donors (Lipinski definition) is 1. The molecular formula is C21H26F2N6O. The van der Waals surface area contributed by atoms with Gasteiger partial charge in [0.2, 0.25) is 5.95 Å². The predicted molar refractivity (Wildman–Crippen MR) is 113 cm³/mol. The van der Waals surface area contributed by atoms with Crippen molar-refractivity contribution in [1.82, 2.24) is 24.6 Å². The Kier molecular flexibility index (Phi) is 6.94. The topological polar surface area (TPSA) is 70.0 Å². The fourth-order valence-corrected chi connectivity index (χ4v) is 3.48. The van der Waals surface area contributed by atoms with Gasteiger partial charge in [0.1, 0.15) is 11.5 Å². The summed E-state index contributed by atoms with van der Waals surface area (Å²) in [6.07, 6.45) is 1.72. The Labute approximate surface area is 174 Å². The molecule has 1 N–H and O–H groups in total. The zero-order valence-corrected chi connectivity index (χ0v) is 17.4. The van der Waals surface area contributed by atoms with Crippen molar-refractivity contribution in [3.8, 4) is 16.9 Å². The van der Waals surface area contributed by atoms with Gasteiger partial charge in [-0.3, -0.25) is 14.3 Å². The number of likely N-dealkylation sites (N-methyl/N-ethyl adjacent to an activating group) is 1. The van der Waals surface area contributed by atoms with Crippen molar-refractivity contribution in [2.45, 2.75) is 13.8 Å². The van der Waals surface area contributed by atoms with Gasteiger partial charge in [-0.2, -0.15) is 0 Å². The van der Waals surface area contributed by atoms with Gasteiger partial charge in [0, 0.05) is 44.0 Å². The molecule has 30 heavy (non-hydrogen) atoms. The van der Waals surface area contributed by atoms with Gasteiger partial charge in [0.05, 0.1) is 18.6 Å². The minimum Gasteiger partial charge on any atom is -0.338 e. The summed E-state index contributed by atoms with van der Waals surface area (Å²) in [4.78, 5) is 26.1. The van der Waals surface area contributed by atoms with Crippen LogP contribution in [0.3, 0.4) is 0 Å². The van der Waals surface area contributed by atoms with Crippen LogP contribution in [0.4, 0.5) is 14.7 Å². The van der Waals surface area contributed by atoms with Gasteiger partial charge in [-0.15, -0.1) is 0 Å². The van der Waals surface area contributed by atoms with Gasteiger partial charge in [0.15, 0.2) is 0 Å². The third kappa shape index (κ3) is 4.40. The number of H-pyrrole nitrogens is 1. The first-order valence-electron chi connectivity index (χ1n) is 9.83. The number of benzene rings is 1. The van der Waals surface area contributed by atoms with Crippen molar-refractivity contribution in [3.05, 3.63) is 58.4 Å². The van der Waals surface area contributed by atoms with E-state index in [1.807, 2.05) is 6.92 Å². The number of hydrogen-bond acceptors (Lipinski definition) is 5. The van der Waals surface area contributed by atoms with E-state index >= 15 is 0 Å². The van der Waals surface area contributed by atoms with Gasteiger partial charge in [0.25, 0.3) is 5.56 Å². The van der Waals surface area contributed by atoms with Crippen LogP contribution in [0, 0.1) is 12.7 Å². The average Bonchev–Trinajstić information content (AvgIpc) is 3.16. The van der Waals surface area contributed by atoms with Gasteiger partial charge in [-0.05, 0) is 25.6 Å². The van der Waals surface area contributed by atoms with Crippen molar-refractivity contribution < 1.29 is 8.78 Å². The van der Waals surface area contributed by atoms with E-state index in [0.29, 0.717) is 18.8 Å². The van der Waals surface area contributed by atoms with Crippen LogP contribution >= 0.6 is 0 Å². The number of nitrogens with one attached hydrogen (secondary N) is 1. The number of aryl methyl sites for hydroxylation is 1.